The van der Waals surface area contributed by atoms with Crippen molar-refractivity contribution in [3.63, 3.8) is 0 Å². The number of hydrogen-bond acceptors (Lipinski definition) is 2. The predicted molar refractivity (Wildman–Crippen MR) is 94.8 cm³/mol. The van der Waals surface area contributed by atoms with Crippen LogP contribution < -0.4 is 4.74 Å². The van der Waals surface area contributed by atoms with Gasteiger partial charge in [0.25, 0.3) is 0 Å². The number of rotatable bonds is 5. The van der Waals surface area contributed by atoms with Crippen LogP contribution in [-0.4, -0.2) is 4.98 Å². The van der Waals surface area contributed by atoms with Crippen molar-refractivity contribution in [2.24, 2.45) is 0 Å². The molecule has 0 saturated heterocycles. The van der Waals surface area contributed by atoms with Crippen molar-refractivity contribution in [3.05, 3.63) is 83.1 Å². The Morgan fingerprint density at radius 3 is 2.43 bits per heavy atom. The van der Waals surface area contributed by atoms with E-state index in [1.807, 2.05) is 36.7 Å². The molecule has 116 valence electrons. The molecule has 0 spiro atoms. The molecular formula is C20H18ClNO. The van der Waals surface area contributed by atoms with E-state index in [9.17, 15) is 0 Å². The predicted octanol–water partition coefficient (Wildman–Crippen LogP) is 5.54. The number of ether oxygens (including phenoxy) is 1. The van der Waals surface area contributed by atoms with Crippen LogP contribution in [0.1, 0.15) is 18.1 Å². The largest absolute Gasteiger partial charge is 0.487 e. The molecule has 0 aliphatic heterocycles. The molecular weight excluding hydrogens is 306 g/mol. The first kappa shape index (κ1) is 15.6. The number of aryl methyl sites for hydroxylation is 1. The average molecular weight is 324 g/mol. The lowest BCUT2D eigenvalue weighted by atomic mass is 10.0. The molecule has 2 aromatic carbocycles. The molecule has 0 aliphatic rings. The highest BCUT2D eigenvalue weighted by molar-refractivity contribution is 6.32. The van der Waals surface area contributed by atoms with E-state index in [0.29, 0.717) is 17.4 Å². The summed E-state index contributed by atoms with van der Waals surface area (Å²) in [6, 6.07) is 18.2. The molecule has 1 heterocycles. The van der Waals surface area contributed by atoms with E-state index in [1.165, 1.54) is 5.56 Å². The first-order valence-corrected chi connectivity index (χ1v) is 8.04. The molecule has 23 heavy (non-hydrogen) atoms. The smallest absolute Gasteiger partial charge is 0.138 e. The summed E-state index contributed by atoms with van der Waals surface area (Å²) >= 11 is 6.11. The van der Waals surface area contributed by atoms with Crippen LogP contribution in [0.5, 0.6) is 5.75 Å². The number of benzene rings is 2. The van der Waals surface area contributed by atoms with E-state index in [-0.39, 0.29) is 0 Å². The molecule has 3 aromatic rings. The van der Waals surface area contributed by atoms with Gasteiger partial charge in [-0.15, -0.1) is 0 Å². The van der Waals surface area contributed by atoms with Crippen LogP contribution in [0, 0.1) is 0 Å². The molecule has 0 bridgehead atoms. The van der Waals surface area contributed by atoms with Crippen LogP contribution in [0.4, 0.5) is 0 Å². The minimum atomic E-state index is 0.442. The maximum absolute atomic E-state index is 6.11. The first-order valence-electron chi connectivity index (χ1n) is 7.67. The van der Waals surface area contributed by atoms with Gasteiger partial charge in [-0.3, -0.25) is 4.98 Å². The molecule has 0 N–H and O–H groups in total. The minimum absolute atomic E-state index is 0.442. The highest BCUT2D eigenvalue weighted by Gasteiger charge is 2.04. The lowest BCUT2D eigenvalue weighted by Gasteiger charge is -2.09. The van der Waals surface area contributed by atoms with Gasteiger partial charge in [-0.1, -0.05) is 54.9 Å². The van der Waals surface area contributed by atoms with Gasteiger partial charge in [-0.25, -0.2) is 0 Å². The molecule has 0 saturated carbocycles. The van der Waals surface area contributed by atoms with Crippen molar-refractivity contribution < 1.29 is 4.74 Å². The molecule has 0 unspecified atom stereocenters. The SMILES string of the molecule is CCc1ccc(-c2cncc(COc3ccccc3Cl)c2)cc1. The summed E-state index contributed by atoms with van der Waals surface area (Å²) in [4.78, 5) is 4.33. The van der Waals surface area contributed by atoms with Crippen LogP contribution in [0.25, 0.3) is 11.1 Å². The number of halogens is 1. The summed E-state index contributed by atoms with van der Waals surface area (Å²) in [5, 5.41) is 0.617. The summed E-state index contributed by atoms with van der Waals surface area (Å²) in [7, 11) is 0. The zero-order valence-corrected chi connectivity index (χ0v) is 13.8. The Labute approximate surface area is 141 Å². The molecule has 1 aromatic heterocycles. The van der Waals surface area contributed by atoms with Crippen LogP contribution in [0.15, 0.2) is 67.0 Å². The first-order chi connectivity index (χ1) is 11.3. The van der Waals surface area contributed by atoms with Crippen LogP contribution in [0.2, 0.25) is 5.02 Å². The number of aromatic nitrogens is 1. The van der Waals surface area contributed by atoms with Crippen molar-refractivity contribution in [1.82, 2.24) is 4.98 Å². The van der Waals surface area contributed by atoms with Gasteiger partial charge in [0, 0.05) is 23.5 Å². The van der Waals surface area contributed by atoms with E-state index in [2.05, 4.69) is 42.2 Å². The Bertz CT molecular complexity index is 784. The molecule has 0 amide bonds. The molecule has 0 atom stereocenters. The summed E-state index contributed by atoms with van der Waals surface area (Å²) in [6.07, 6.45) is 4.74. The molecule has 0 radical (unpaired) electrons. The Morgan fingerprint density at radius 2 is 1.70 bits per heavy atom. The van der Waals surface area contributed by atoms with E-state index >= 15 is 0 Å². The third-order valence-electron chi connectivity index (χ3n) is 3.72. The zero-order valence-electron chi connectivity index (χ0n) is 13.0. The Kier molecular flexibility index (Phi) is 4.94. The van der Waals surface area contributed by atoms with Crippen LogP contribution >= 0.6 is 11.6 Å². The quantitative estimate of drug-likeness (QED) is 0.614. The summed E-state index contributed by atoms with van der Waals surface area (Å²) in [5.41, 5.74) is 4.60. The Hall–Kier alpha value is -2.32. The zero-order chi connectivity index (χ0) is 16.1. The van der Waals surface area contributed by atoms with Gasteiger partial charge in [0.1, 0.15) is 12.4 Å². The minimum Gasteiger partial charge on any atom is -0.487 e. The second-order valence-corrected chi connectivity index (χ2v) is 5.76. The van der Waals surface area contributed by atoms with Gasteiger partial charge in [0.15, 0.2) is 0 Å². The topological polar surface area (TPSA) is 22.1 Å². The Balaban J connectivity index is 1.75. The summed E-state index contributed by atoms with van der Waals surface area (Å²) < 4.78 is 5.78. The maximum atomic E-state index is 6.11. The van der Waals surface area contributed by atoms with Gasteiger partial charge in [-0.2, -0.15) is 0 Å². The monoisotopic (exact) mass is 323 g/mol. The number of para-hydroxylation sites is 1. The maximum Gasteiger partial charge on any atom is 0.138 e. The van der Waals surface area contributed by atoms with E-state index < -0.39 is 0 Å². The lowest BCUT2D eigenvalue weighted by Crippen LogP contribution is -1.97. The second kappa shape index (κ2) is 7.30. The number of pyridine rings is 1. The van der Waals surface area contributed by atoms with Crippen molar-refractivity contribution in [2.45, 2.75) is 20.0 Å². The van der Waals surface area contributed by atoms with Gasteiger partial charge in [0.2, 0.25) is 0 Å². The highest BCUT2D eigenvalue weighted by Crippen LogP contribution is 2.25. The van der Waals surface area contributed by atoms with Gasteiger partial charge < -0.3 is 4.74 Å². The fourth-order valence-electron chi connectivity index (χ4n) is 2.38. The molecule has 0 fully saturated rings. The number of nitrogens with zero attached hydrogens (tertiary/aromatic N) is 1. The normalized spacial score (nSPS) is 10.5. The summed E-state index contributed by atoms with van der Waals surface area (Å²) in [6.45, 7) is 2.60. The molecule has 3 heteroatoms. The highest BCUT2D eigenvalue weighted by atomic mass is 35.5. The fraction of sp³-hybridized carbons (Fsp3) is 0.150. The molecule has 2 nitrogen and oxygen atoms in total. The van der Waals surface area contributed by atoms with Gasteiger partial charge in [-0.05, 0) is 35.7 Å². The molecule has 0 aliphatic carbocycles. The Morgan fingerprint density at radius 1 is 0.913 bits per heavy atom. The third-order valence-corrected chi connectivity index (χ3v) is 4.03. The average Bonchev–Trinajstić information content (AvgIpc) is 2.61. The van der Waals surface area contributed by atoms with E-state index in [1.54, 1.807) is 0 Å². The van der Waals surface area contributed by atoms with E-state index in [0.717, 1.165) is 23.1 Å². The van der Waals surface area contributed by atoms with Crippen molar-refractivity contribution >= 4 is 11.6 Å². The third kappa shape index (κ3) is 3.91. The second-order valence-electron chi connectivity index (χ2n) is 5.35. The van der Waals surface area contributed by atoms with Gasteiger partial charge >= 0.3 is 0 Å². The van der Waals surface area contributed by atoms with Gasteiger partial charge in [0.05, 0.1) is 5.02 Å². The van der Waals surface area contributed by atoms with Crippen molar-refractivity contribution in [1.29, 1.82) is 0 Å². The van der Waals surface area contributed by atoms with Crippen molar-refractivity contribution in [3.8, 4) is 16.9 Å². The van der Waals surface area contributed by atoms with Crippen LogP contribution in [-0.2, 0) is 13.0 Å². The van der Waals surface area contributed by atoms with Crippen LogP contribution in [0.3, 0.4) is 0 Å². The lowest BCUT2D eigenvalue weighted by molar-refractivity contribution is 0.306. The molecule has 3 rings (SSSR count). The fourth-order valence-corrected chi connectivity index (χ4v) is 2.57. The standard InChI is InChI=1S/C20H18ClNO/c1-2-15-7-9-17(10-8-15)18-11-16(12-22-13-18)14-23-20-6-4-3-5-19(20)21/h3-13H,2,14H2,1H3. The number of hydrogen-bond donors (Lipinski definition) is 0. The van der Waals surface area contributed by atoms with Crippen molar-refractivity contribution in [2.75, 3.05) is 0 Å². The summed E-state index contributed by atoms with van der Waals surface area (Å²) in [5.74, 6) is 0.687. The van der Waals surface area contributed by atoms with E-state index in [4.69, 9.17) is 16.3 Å².